The largest absolute Gasteiger partial charge is 0.483 e. The van der Waals surface area contributed by atoms with Gasteiger partial charge in [0.15, 0.2) is 0 Å². The molecule has 2 aromatic carbocycles. The van der Waals surface area contributed by atoms with E-state index in [4.69, 9.17) is 14.6 Å². The number of carboxylic acid groups (broad SMARTS) is 1. The van der Waals surface area contributed by atoms with Crippen molar-refractivity contribution in [1.29, 1.82) is 0 Å². The summed E-state index contributed by atoms with van der Waals surface area (Å²) in [5.41, 5.74) is 5.41. The molecule has 2 aliphatic heterocycles. The summed E-state index contributed by atoms with van der Waals surface area (Å²) in [5, 5.41) is 6.89. The Balaban J connectivity index is 0.00000127. The van der Waals surface area contributed by atoms with Crippen LogP contribution in [0.25, 0.3) is 11.1 Å². The van der Waals surface area contributed by atoms with Crippen LogP contribution >= 0.6 is 0 Å². The first kappa shape index (κ1) is 29.2. The van der Waals surface area contributed by atoms with Crippen LogP contribution < -0.4 is 4.90 Å². The summed E-state index contributed by atoms with van der Waals surface area (Å²) in [4.78, 5) is 39.7. The second-order valence-corrected chi connectivity index (χ2v) is 10.4. The predicted octanol–water partition coefficient (Wildman–Crippen LogP) is 5.70. The first-order valence-electron chi connectivity index (χ1n) is 13.4. The van der Waals surface area contributed by atoms with Crippen molar-refractivity contribution in [2.45, 2.75) is 78.1 Å². The standard InChI is InChI=1S/C29H39N3O3.CH2O2/c1-20(2)35-29(34)30(5)28-17-21(3)32(22(4)33)27-14-13-25(18-26(27)28)24-11-9-23(10-12-24)19-31-15-7-6-8-16-31;2-1-3/h9-14,18,20-21,28H,6-8,15-17,19H2,1-5H3;1H,(H,2,3)/t21-,28+;/m0./s1. The Kier molecular flexibility index (Phi) is 10.3. The van der Waals surface area contributed by atoms with Gasteiger partial charge in [0, 0.05) is 32.2 Å². The second-order valence-electron chi connectivity index (χ2n) is 10.4. The van der Waals surface area contributed by atoms with Gasteiger partial charge in [-0.05, 0) is 87.5 Å². The molecule has 0 aliphatic carbocycles. The molecular weight excluding hydrogens is 482 g/mol. The number of ether oxygens (including phenoxy) is 1. The summed E-state index contributed by atoms with van der Waals surface area (Å²) < 4.78 is 5.48. The van der Waals surface area contributed by atoms with E-state index in [2.05, 4.69) is 41.3 Å². The molecule has 0 unspecified atom stereocenters. The van der Waals surface area contributed by atoms with Crippen molar-refractivity contribution >= 4 is 24.2 Å². The Hall–Kier alpha value is -3.39. The summed E-state index contributed by atoms with van der Waals surface area (Å²) in [6.07, 6.45) is 4.07. The number of fused-ring (bicyclic) bond motifs is 1. The Morgan fingerprint density at radius 3 is 2.26 bits per heavy atom. The van der Waals surface area contributed by atoms with E-state index >= 15 is 0 Å². The van der Waals surface area contributed by atoms with Crippen LogP contribution in [0.4, 0.5) is 10.5 Å². The SMILES string of the molecule is CC(=O)N1c2ccc(-c3ccc(CN4CCCCC4)cc3)cc2[C@H](N(C)C(=O)OC(C)C)C[C@@H]1C.O=CO. The van der Waals surface area contributed by atoms with Crippen LogP contribution in [-0.2, 0) is 20.9 Å². The molecule has 0 saturated carbocycles. The van der Waals surface area contributed by atoms with Crippen molar-refractivity contribution in [3.05, 3.63) is 53.6 Å². The average Bonchev–Trinajstić information content (AvgIpc) is 2.88. The van der Waals surface area contributed by atoms with Gasteiger partial charge in [-0.1, -0.05) is 36.8 Å². The molecular formula is C30H41N3O5. The fourth-order valence-corrected chi connectivity index (χ4v) is 5.45. The maximum Gasteiger partial charge on any atom is 0.410 e. The van der Waals surface area contributed by atoms with Crippen molar-refractivity contribution in [2.24, 2.45) is 0 Å². The third-order valence-corrected chi connectivity index (χ3v) is 7.22. The lowest BCUT2D eigenvalue weighted by molar-refractivity contribution is -0.123. The van der Waals surface area contributed by atoms with E-state index in [1.807, 2.05) is 31.7 Å². The van der Waals surface area contributed by atoms with Gasteiger partial charge in [-0.2, -0.15) is 0 Å². The van der Waals surface area contributed by atoms with E-state index < -0.39 is 0 Å². The van der Waals surface area contributed by atoms with Crippen LogP contribution in [0, 0.1) is 0 Å². The van der Waals surface area contributed by atoms with E-state index in [0.717, 1.165) is 28.9 Å². The molecule has 0 spiro atoms. The van der Waals surface area contributed by atoms with E-state index in [0.29, 0.717) is 6.42 Å². The smallest absolute Gasteiger partial charge is 0.410 e. The Labute approximate surface area is 226 Å². The second kappa shape index (κ2) is 13.4. The summed E-state index contributed by atoms with van der Waals surface area (Å²) in [6, 6.07) is 14.9. The monoisotopic (exact) mass is 523 g/mol. The molecule has 2 heterocycles. The highest BCUT2D eigenvalue weighted by molar-refractivity contribution is 5.94. The third kappa shape index (κ3) is 7.13. The van der Waals surface area contributed by atoms with Crippen LogP contribution in [0.3, 0.4) is 0 Å². The van der Waals surface area contributed by atoms with Gasteiger partial charge in [0.25, 0.3) is 6.47 Å². The third-order valence-electron chi connectivity index (χ3n) is 7.22. The van der Waals surface area contributed by atoms with Crippen molar-refractivity contribution < 1.29 is 24.2 Å². The molecule has 4 rings (SSSR count). The van der Waals surface area contributed by atoms with E-state index in [9.17, 15) is 9.59 Å². The molecule has 8 heteroatoms. The van der Waals surface area contributed by atoms with Crippen LogP contribution in [0.15, 0.2) is 42.5 Å². The van der Waals surface area contributed by atoms with Gasteiger partial charge in [0.1, 0.15) is 0 Å². The number of benzene rings is 2. The summed E-state index contributed by atoms with van der Waals surface area (Å²) in [6.45, 7) is 10.5. The van der Waals surface area contributed by atoms with Gasteiger partial charge in [0.2, 0.25) is 5.91 Å². The first-order chi connectivity index (χ1) is 18.2. The molecule has 1 saturated heterocycles. The quantitative estimate of drug-likeness (QED) is 0.506. The van der Waals surface area contributed by atoms with Crippen molar-refractivity contribution in [1.82, 2.24) is 9.80 Å². The zero-order valence-electron chi connectivity index (χ0n) is 23.2. The van der Waals surface area contributed by atoms with Crippen LogP contribution in [0.2, 0.25) is 0 Å². The van der Waals surface area contributed by atoms with Crippen molar-refractivity contribution in [2.75, 3.05) is 25.0 Å². The topological polar surface area (TPSA) is 90.4 Å². The number of rotatable bonds is 5. The lowest BCUT2D eigenvalue weighted by Crippen LogP contribution is -2.46. The highest BCUT2D eigenvalue weighted by Crippen LogP contribution is 2.42. The van der Waals surface area contributed by atoms with Crippen molar-refractivity contribution in [3.63, 3.8) is 0 Å². The Morgan fingerprint density at radius 2 is 1.68 bits per heavy atom. The molecule has 38 heavy (non-hydrogen) atoms. The van der Waals surface area contributed by atoms with Gasteiger partial charge < -0.3 is 19.6 Å². The molecule has 1 N–H and O–H groups in total. The maximum atomic E-state index is 12.8. The van der Waals surface area contributed by atoms with Gasteiger partial charge in [-0.15, -0.1) is 0 Å². The molecule has 0 bridgehead atoms. The number of anilines is 1. The fraction of sp³-hybridized carbons (Fsp3) is 0.500. The minimum atomic E-state index is -0.341. The number of carbonyl (C=O) groups excluding carboxylic acids is 2. The van der Waals surface area contributed by atoms with E-state index in [1.54, 1.807) is 18.9 Å². The number of hydrogen-bond acceptors (Lipinski definition) is 5. The maximum absolute atomic E-state index is 12.8. The molecule has 2 atom stereocenters. The molecule has 2 amide bonds. The van der Waals surface area contributed by atoms with Gasteiger partial charge in [-0.3, -0.25) is 14.5 Å². The number of hydrogen-bond donors (Lipinski definition) is 1. The highest BCUT2D eigenvalue weighted by Gasteiger charge is 2.36. The minimum absolute atomic E-state index is 0.0134. The van der Waals surface area contributed by atoms with Crippen LogP contribution in [-0.4, -0.2) is 65.7 Å². The number of likely N-dealkylation sites (tertiary alicyclic amines) is 1. The fourth-order valence-electron chi connectivity index (χ4n) is 5.45. The van der Waals surface area contributed by atoms with Crippen LogP contribution in [0.1, 0.15) is 70.5 Å². The average molecular weight is 524 g/mol. The number of carbonyl (C=O) groups is 3. The molecule has 8 nitrogen and oxygen atoms in total. The Morgan fingerprint density at radius 1 is 1.08 bits per heavy atom. The zero-order chi connectivity index (χ0) is 27.8. The molecule has 0 radical (unpaired) electrons. The summed E-state index contributed by atoms with van der Waals surface area (Å²) in [5.74, 6) is 0.0134. The zero-order valence-corrected chi connectivity index (χ0v) is 23.2. The van der Waals surface area contributed by atoms with Gasteiger partial charge in [-0.25, -0.2) is 4.79 Å². The summed E-state index contributed by atoms with van der Waals surface area (Å²) in [7, 11) is 1.79. The van der Waals surface area contributed by atoms with E-state index in [1.165, 1.54) is 37.9 Å². The molecule has 2 aromatic rings. The molecule has 206 valence electrons. The van der Waals surface area contributed by atoms with Gasteiger partial charge in [0.05, 0.1) is 12.1 Å². The predicted molar refractivity (Wildman–Crippen MR) is 149 cm³/mol. The van der Waals surface area contributed by atoms with E-state index in [-0.39, 0.29) is 36.7 Å². The lowest BCUT2D eigenvalue weighted by Gasteiger charge is -2.42. The highest BCUT2D eigenvalue weighted by atomic mass is 16.6. The van der Waals surface area contributed by atoms with Gasteiger partial charge >= 0.3 is 6.09 Å². The molecule has 1 fully saturated rings. The number of piperidine rings is 1. The molecule has 0 aromatic heterocycles. The normalized spacial score (nSPS) is 19.2. The van der Waals surface area contributed by atoms with Crippen LogP contribution in [0.5, 0.6) is 0 Å². The number of amides is 2. The minimum Gasteiger partial charge on any atom is -0.483 e. The Bertz CT molecular complexity index is 1100. The van der Waals surface area contributed by atoms with Crippen molar-refractivity contribution in [3.8, 4) is 11.1 Å². The summed E-state index contributed by atoms with van der Waals surface area (Å²) >= 11 is 0. The first-order valence-corrected chi connectivity index (χ1v) is 13.4. The lowest BCUT2D eigenvalue weighted by atomic mass is 9.88. The molecule has 2 aliphatic rings. The number of nitrogens with zero attached hydrogens (tertiary/aromatic N) is 3.